The third-order valence-electron chi connectivity index (χ3n) is 2.78. The van der Waals surface area contributed by atoms with Gasteiger partial charge in [0.15, 0.2) is 0 Å². The van der Waals surface area contributed by atoms with Gasteiger partial charge in [-0.25, -0.2) is 0 Å². The number of aromatic nitrogens is 2. The number of anilines is 1. The summed E-state index contributed by atoms with van der Waals surface area (Å²) in [5.74, 6) is 0. The second-order valence-electron chi connectivity index (χ2n) is 4.12. The molecule has 0 aliphatic carbocycles. The van der Waals surface area contributed by atoms with Crippen molar-refractivity contribution in [1.82, 2.24) is 9.78 Å². The Morgan fingerprint density at radius 2 is 2.17 bits per heavy atom. The van der Waals surface area contributed by atoms with Crippen LogP contribution in [0.15, 0.2) is 30.6 Å². The van der Waals surface area contributed by atoms with Crippen LogP contribution in [0.4, 0.5) is 5.69 Å². The average molecular weight is 284 g/mol. The van der Waals surface area contributed by atoms with Crippen LogP contribution in [-0.4, -0.2) is 9.78 Å². The maximum absolute atomic E-state index is 6.12. The van der Waals surface area contributed by atoms with Gasteiger partial charge in [0, 0.05) is 23.3 Å². The fourth-order valence-corrected chi connectivity index (χ4v) is 2.05. The zero-order valence-electron chi connectivity index (χ0n) is 10.3. The summed E-state index contributed by atoms with van der Waals surface area (Å²) < 4.78 is 1.90. The van der Waals surface area contributed by atoms with E-state index in [9.17, 15) is 0 Å². The fraction of sp³-hybridized carbons (Fsp3) is 0.308. The normalized spacial score (nSPS) is 12.4. The lowest BCUT2D eigenvalue weighted by Crippen LogP contribution is -2.06. The van der Waals surface area contributed by atoms with Crippen LogP contribution in [0.1, 0.15) is 25.5 Å². The molecular formula is C13H15Cl2N3. The maximum Gasteiger partial charge on any atom is 0.0638 e. The van der Waals surface area contributed by atoms with Crippen molar-refractivity contribution in [1.29, 1.82) is 0 Å². The number of rotatable bonds is 4. The Bertz CT molecular complexity index is 537. The number of nitrogens with one attached hydrogen (secondary N) is 1. The van der Waals surface area contributed by atoms with Crippen molar-refractivity contribution in [2.24, 2.45) is 0 Å². The Hall–Kier alpha value is -1.19. The molecule has 0 fully saturated rings. The predicted octanol–water partition coefficient (Wildman–Crippen LogP) is 4.38. The molecule has 0 aliphatic heterocycles. The molecule has 1 heterocycles. The first-order valence-corrected chi connectivity index (χ1v) is 6.59. The number of nitrogens with zero attached hydrogens (tertiary/aromatic N) is 2. The summed E-state index contributed by atoms with van der Waals surface area (Å²) in [4.78, 5) is 0. The minimum atomic E-state index is 0.126. The van der Waals surface area contributed by atoms with E-state index >= 15 is 0 Å². The summed E-state index contributed by atoms with van der Waals surface area (Å²) in [6.45, 7) is 4.99. The van der Waals surface area contributed by atoms with Crippen molar-refractivity contribution >= 4 is 28.9 Å². The van der Waals surface area contributed by atoms with E-state index in [0.29, 0.717) is 10.0 Å². The van der Waals surface area contributed by atoms with Crippen LogP contribution in [0.2, 0.25) is 10.0 Å². The highest BCUT2D eigenvalue weighted by Gasteiger charge is 2.10. The molecule has 96 valence electrons. The zero-order valence-corrected chi connectivity index (χ0v) is 11.8. The van der Waals surface area contributed by atoms with Gasteiger partial charge in [-0.2, -0.15) is 5.10 Å². The predicted molar refractivity (Wildman–Crippen MR) is 76.4 cm³/mol. The molecule has 3 nitrogen and oxygen atoms in total. The van der Waals surface area contributed by atoms with E-state index in [1.807, 2.05) is 23.1 Å². The molecular weight excluding hydrogens is 269 g/mol. The quantitative estimate of drug-likeness (QED) is 0.902. The summed E-state index contributed by atoms with van der Waals surface area (Å²) in [6, 6.07) is 5.51. The van der Waals surface area contributed by atoms with Gasteiger partial charge in [-0.05, 0) is 32.0 Å². The molecule has 0 aliphatic rings. The van der Waals surface area contributed by atoms with Crippen molar-refractivity contribution in [3.05, 3.63) is 46.2 Å². The summed E-state index contributed by atoms with van der Waals surface area (Å²) in [6.07, 6.45) is 3.88. The van der Waals surface area contributed by atoms with Gasteiger partial charge in [-0.15, -0.1) is 0 Å². The lowest BCUT2D eigenvalue weighted by molar-refractivity contribution is 0.658. The SMILES string of the molecule is CCn1cc(C(C)Nc2cc(Cl)ccc2Cl)cn1. The van der Waals surface area contributed by atoms with E-state index in [1.54, 1.807) is 12.1 Å². The second kappa shape index (κ2) is 5.63. The summed E-state index contributed by atoms with van der Waals surface area (Å²) in [5.41, 5.74) is 1.95. The number of aryl methyl sites for hydroxylation is 1. The highest BCUT2D eigenvalue weighted by molar-refractivity contribution is 6.35. The monoisotopic (exact) mass is 283 g/mol. The molecule has 5 heteroatoms. The van der Waals surface area contributed by atoms with Gasteiger partial charge in [0.2, 0.25) is 0 Å². The first kappa shape index (κ1) is 13.2. The molecule has 0 radical (unpaired) electrons. The van der Waals surface area contributed by atoms with Gasteiger partial charge >= 0.3 is 0 Å². The van der Waals surface area contributed by atoms with Gasteiger partial charge in [0.1, 0.15) is 0 Å². The van der Waals surface area contributed by atoms with Crippen molar-refractivity contribution in [2.45, 2.75) is 26.4 Å². The number of hydrogen-bond acceptors (Lipinski definition) is 2. The molecule has 0 bridgehead atoms. The van der Waals surface area contributed by atoms with Crippen LogP contribution in [0.5, 0.6) is 0 Å². The van der Waals surface area contributed by atoms with Gasteiger partial charge in [0.05, 0.1) is 22.9 Å². The molecule has 1 aromatic heterocycles. The number of halogens is 2. The van der Waals surface area contributed by atoms with Crippen LogP contribution >= 0.6 is 23.2 Å². The first-order valence-electron chi connectivity index (χ1n) is 5.84. The smallest absolute Gasteiger partial charge is 0.0638 e. The Morgan fingerprint density at radius 1 is 1.39 bits per heavy atom. The van der Waals surface area contributed by atoms with E-state index in [4.69, 9.17) is 23.2 Å². The van der Waals surface area contributed by atoms with Crippen LogP contribution in [0.25, 0.3) is 0 Å². The standard InChI is InChI=1S/C13H15Cl2N3/c1-3-18-8-10(7-16-18)9(2)17-13-6-11(14)4-5-12(13)15/h4-9,17H,3H2,1-2H3. The molecule has 2 rings (SSSR count). The van der Waals surface area contributed by atoms with Crippen LogP contribution < -0.4 is 5.32 Å². The van der Waals surface area contributed by atoms with E-state index in [0.717, 1.165) is 17.8 Å². The lowest BCUT2D eigenvalue weighted by Gasteiger charge is -2.15. The van der Waals surface area contributed by atoms with Crippen molar-refractivity contribution in [3.63, 3.8) is 0 Å². The van der Waals surface area contributed by atoms with Crippen LogP contribution in [0.3, 0.4) is 0 Å². The van der Waals surface area contributed by atoms with E-state index in [-0.39, 0.29) is 6.04 Å². The fourth-order valence-electron chi connectivity index (χ4n) is 1.70. The Balaban J connectivity index is 2.15. The Kier molecular flexibility index (Phi) is 4.15. The van der Waals surface area contributed by atoms with Crippen molar-refractivity contribution in [3.8, 4) is 0 Å². The van der Waals surface area contributed by atoms with Crippen molar-refractivity contribution < 1.29 is 0 Å². The molecule has 18 heavy (non-hydrogen) atoms. The zero-order chi connectivity index (χ0) is 13.1. The van der Waals surface area contributed by atoms with Gasteiger partial charge in [-0.3, -0.25) is 4.68 Å². The average Bonchev–Trinajstić information content (AvgIpc) is 2.82. The van der Waals surface area contributed by atoms with Crippen LogP contribution in [-0.2, 0) is 6.54 Å². The van der Waals surface area contributed by atoms with Crippen molar-refractivity contribution in [2.75, 3.05) is 5.32 Å². The van der Waals surface area contributed by atoms with E-state index in [2.05, 4.69) is 24.3 Å². The van der Waals surface area contributed by atoms with E-state index < -0.39 is 0 Å². The summed E-state index contributed by atoms with van der Waals surface area (Å²) in [7, 11) is 0. The minimum absolute atomic E-state index is 0.126. The lowest BCUT2D eigenvalue weighted by atomic mass is 10.2. The minimum Gasteiger partial charge on any atom is -0.377 e. The molecule has 0 saturated carbocycles. The number of hydrogen-bond donors (Lipinski definition) is 1. The summed E-state index contributed by atoms with van der Waals surface area (Å²) in [5, 5.41) is 8.92. The molecule has 0 spiro atoms. The number of benzene rings is 1. The molecule has 1 atom stereocenters. The van der Waals surface area contributed by atoms with Gasteiger partial charge in [0.25, 0.3) is 0 Å². The highest BCUT2D eigenvalue weighted by Crippen LogP contribution is 2.28. The molecule has 1 unspecified atom stereocenters. The summed E-state index contributed by atoms with van der Waals surface area (Å²) >= 11 is 12.1. The molecule has 1 N–H and O–H groups in total. The highest BCUT2D eigenvalue weighted by atomic mass is 35.5. The largest absolute Gasteiger partial charge is 0.377 e. The van der Waals surface area contributed by atoms with Gasteiger partial charge < -0.3 is 5.32 Å². The molecule has 2 aromatic rings. The molecule has 1 aromatic carbocycles. The third kappa shape index (κ3) is 2.98. The van der Waals surface area contributed by atoms with E-state index in [1.165, 1.54) is 0 Å². The molecule has 0 saturated heterocycles. The molecule has 0 amide bonds. The Labute approximate surface area is 117 Å². The topological polar surface area (TPSA) is 29.9 Å². The maximum atomic E-state index is 6.12. The van der Waals surface area contributed by atoms with Crippen LogP contribution in [0, 0.1) is 0 Å². The third-order valence-corrected chi connectivity index (χ3v) is 3.34. The second-order valence-corrected chi connectivity index (χ2v) is 4.96. The first-order chi connectivity index (χ1) is 8.60. The van der Waals surface area contributed by atoms with Gasteiger partial charge in [-0.1, -0.05) is 23.2 Å². The Morgan fingerprint density at radius 3 is 2.83 bits per heavy atom.